The van der Waals surface area contributed by atoms with E-state index >= 15 is 0 Å². The van der Waals surface area contributed by atoms with E-state index in [1.54, 1.807) is 0 Å². The number of aliphatic carboxylic acids is 1. The molecule has 0 radical (unpaired) electrons. The number of fused-ring (bicyclic) bond motifs is 2. The Kier molecular flexibility index (Phi) is 5.11. The molecular formula is C26H33BrN2O4. The SMILES string of the molecule is O=C(O)CC1CC2(CCN(C(=O)NC3C4CC5CC3CC(O)(C5)C4)CC2)c2c(Br)cccc21. The summed E-state index contributed by atoms with van der Waals surface area (Å²) in [5.74, 6) is 0.746. The lowest BCUT2D eigenvalue weighted by Gasteiger charge is -2.58. The number of aliphatic hydroxyl groups is 1. The molecule has 33 heavy (non-hydrogen) atoms. The molecule has 3 N–H and O–H groups in total. The van der Waals surface area contributed by atoms with Crippen LogP contribution in [-0.4, -0.2) is 51.8 Å². The van der Waals surface area contributed by atoms with Crippen LogP contribution in [0.5, 0.6) is 0 Å². The van der Waals surface area contributed by atoms with Crippen LogP contribution < -0.4 is 5.32 Å². The van der Waals surface area contributed by atoms with Gasteiger partial charge in [0.2, 0.25) is 0 Å². The van der Waals surface area contributed by atoms with Gasteiger partial charge in [0.15, 0.2) is 0 Å². The minimum absolute atomic E-state index is 0.0363. The minimum Gasteiger partial charge on any atom is -0.481 e. The Morgan fingerprint density at radius 3 is 2.42 bits per heavy atom. The van der Waals surface area contributed by atoms with Crippen LogP contribution in [0.2, 0.25) is 0 Å². The fourth-order valence-electron chi connectivity index (χ4n) is 8.56. The largest absolute Gasteiger partial charge is 0.481 e. The van der Waals surface area contributed by atoms with E-state index in [0.717, 1.165) is 61.4 Å². The van der Waals surface area contributed by atoms with E-state index in [1.165, 1.54) is 5.56 Å². The van der Waals surface area contributed by atoms with Crippen LogP contribution in [0.4, 0.5) is 4.79 Å². The van der Waals surface area contributed by atoms with Crippen molar-refractivity contribution < 1.29 is 19.8 Å². The molecule has 1 aromatic carbocycles. The van der Waals surface area contributed by atoms with E-state index in [0.29, 0.717) is 30.8 Å². The highest BCUT2D eigenvalue weighted by Crippen LogP contribution is 2.56. The monoisotopic (exact) mass is 516 g/mol. The molecule has 4 bridgehead atoms. The highest BCUT2D eigenvalue weighted by molar-refractivity contribution is 9.10. The standard InChI is InChI=1S/C26H33BrN2O4/c27-20-3-1-2-19-16(10-21(30)31)12-25(22(19)20)4-6-29(7-5-25)24(32)28-23-17-8-15-9-18(23)14-26(33,11-15)13-17/h1-3,15-18,23,33H,4-14H2,(H,28,32)(H,30,31). The molecule has 7 heteroatoms. The Morgan fingerprint density at radius 1 is 1.09 bits per heavy atom. The molecule has 0 aromatic heterocycles. The van der Waals surface area contributed by atoms with Crippen LogP contribution in [0, 0.1) is 17.8 Å². The van der Waals surface area contributed by atoms with Crippen LogP contribution in [0.15, 0.2) is 22.7 Å². The summed E-state index contributed by atoms with van der Waals surface area (Å²) in [6.45, 7) is 1.39. The molecule has 1 spiro atoms. The maximum absolute atomic E-state index is 13.3. The van der Waals surface area contributed by atoms with Crippen molar-refractivity contribution in [2.24, 2.45) is 17.8 Å². The number of nitrogens with one attached hydrogen (secondary N) is 1. The molecule has 2 amide bonds. The second kappa shape index (κ2) is 7.70. The van der Waals surface area contributed by atoms with Gasteiger partial charge >= 0.3 is 12.0 Å². The molecule has 1 heterocycles. The van der Waals surface area contributed by atoms with Gasteiger partial charge in [-0.3, -0.25) is 4.79 Å². The van der Waals surface area contributed by atoms with Crippen molar-refractivity contribution in [3.05, 3.63) is 33.8 Å². The van der Waals surface area contributed by atoms with Crippen LogP contribution in [0.1, 0.15) is 74.8 Å². The smallest absolute Gasteiger partial charge is 0.317 e. The Bertz CT molecular complexity index is 973. The number of carboxylic acids is 1. The average Bonchev–Trinajstić information content (AvgIpc) is 3.03. The predicted molar refractivity (Wildman–Crippen MR) is 127 cm³/mol. The molecule has 1 aliphatic heterocycles. The number of piperidine rings is 1. The third-order valence-electron chi connectivity index (χ3n) is 9.61. The van der Waals surface area contributed by atoms with Crippen molar-refractivity contribution >= 4 is 27.9 Å². The van der Waals surface area contributed by atoms with Gasteiger partial charge in [-0.25, -0.2) is 4.79 Å². The van der Waals surface area contributed by atoms with Gasteiger partial charge in [0, 0.05) is 29.0 Å². The summed E-state index contributed by atoms with van der Waals surface area (Å²) in [6.07, 6.45) is 7.65. The van der Waals surface area contributed by atoms with Crippen molar-refractivity contribution in [1.29, 1.82) is 0 Å². The lowest BCUT2D eigenvalue weighted by molar-refractivity contribution is -0.138. The molecule has 3 atom stereocenters. The van der Waals surface area contributed by atoms with Crippen molar-refractivity contribution in [1.82, 2.24) is 10.2 Å². The number of likely N-dealkylation sites (tertiary alicyclic amines) is 1. The zero-order chi connectivity index (χ0) is 23.0. The topological polar surface area (TPSA) is 89.9 Å². The Labute approximate surface area is 203 Å². The van der Waals surface area contributed by atoms with E-state index < -0.39 is 11.6 Å². The Balaban J connectivity index is 1.14. The van der Waals surface area contributed by atoms with Gasteiger partial charge in [0.05, 0.1) is 12.0 Å². The summed E-state index contributed by atoms with van der Waals surface area (Å²) in [4.78, 5) is 26.7. The maximum Gasteiger partial charge on any atom is 0.317 e. The van der Waals surface area contributed by atoms with Gasteiger partial charge in [0.1, 0.15) is 0 Å². The van der Waals surface area contributed by atoms with Gasteiger partial charge in [0.25, 0.3) is 0 Å². The third-order valence-corrected chi connectivity index (χ3v) is 10.3. The first-order valence-corrected chi connectivity index (χ1v) is 13.3. The zero-order valence-corrected chi connectivity index (χ0v) is 20.5. The molecule has 5 aliphatic carbocycles. The van der Waals surface area contributed by atoms with Crippen molar-refractivity contribution in [2.45, 2.75) is 80.8 Å². The number of hydrogen-bond donors (Lipinski definition) is 3. The van der Waals surface area contributed by atoms with Gasteiger partial charge < -0.3 is 20.4 Å². The normalized spacial score (nSPS) is 37.9. The van der Waals surface area contributed by atoms with Crippen LogP contribution >= 0.6 is 15.9 Å². The first-order valence-electron chi connectivity index (χ1n) is 12.5. The highest BCUT2D eigenvalue weighted by atomic mass is 79.9. The lowest BCUT2D eigenvalue weighted by atomic mass is 9.52. The fourth-order valence-corrected chi connectivity index (χ4v) is 9.36. The number of urea groups is 1. The summed E-state index contributed by atoms with van der Waals surface area (Å²) in [7, 11) is 0. The number of hydrogen-bond acceptors (Lipinski definition) is 3. The minimum atomic E-state index is -0.750. The first-order chi connectivity index (χ1) is 15.8. The molecule has 4 saturated carbocycles. The van der Waals surface area contributed by atoms with Gasteiger partial charge in [-0.05, 0) is 92.2 Å². The number of amides is 2. The fraction of sp³-hybridized carbons (Fsp3) is 0.692. The molecule has 7 rings (SSSR count). The third kappa shape index (κ3) is 3.61. The van der Waals surface area contributed by atoms with Crippen molar-refractivity contribution in [3.8, 4) is 0 Å². The molecular weight excluding hydrogens is 484 g/mol. The number of rotatable bonds is 3. The molecule has 178 valence electrons. The summed E-state index contributed by atoms with van der Waals surface area (Å²) in [5.41, 5.74) is 1.89. The molecule has 6 aliphatic rings. The van der Waals surface area contributed by atoms with Crippen LogP contribution in [0.3, 0.4) is 0 Å². The molecule has 6 nitrogen and oxygen atoms in total. The first kappa shape index (κ1) is 21.9. The Hall–Kier alpha value is -1.60. The zero-order valence-electron chi connectivity index (χ0n) is 18.9. The number of carbonyl (C=O) groups is 2. The molecule has 5 fully saturated rings. The van der Waals surface area contributed by atoms with Crippen LogP contribution in [0.25, 0.3) is 0 Å². The predicted octanol–water partition coefficient (Wildman–Crippen LogP) is 4.39. The van der Waals surface area contributed by atoms with E-state index in [9.17, 15) is 19.8 Å². The van der Waals surface area contributed by atoms with E-state index in [-0.39, 0.29) is 29.8 Å². The summed E-state index contributed by atoms with van der Waals surface area (Å²) >= 11 is 3.74. The summed E-state index contributed by atoms with van der Waals surface area (Å²) in [6, 6.07) is 6.39. The van der Waals surface area contributed by atoms with Crippen molar-refractivity contribution in [3.63, 3.8) is 0 Å². The number of nitrogens with zero attached hydrogens (tertiary/aromatic N) is 1. The van der Waals surface area contributed by atoms with Crippen LogP contribution in [-0.2, 0) is 10.2 Å². The number of carbonyl (C=O) groups excluding carboxylic acids is 1. The summed E-state index contributed by atoms with van der Waals surface area (Å²) < 4.78 is 1.07. The number of halogens is 1. The Morgan fingerprint density at radius 2 is 1.79 bits per heavy atom. The van der Waals surface area contributed by atoms with E-state index in [1.807, 2.05) is 11.0 Å². The van der Waals surface area contributed by atoms with E-state index in [2.05, 4.69) is 33.4 Å². The average molecular weight is 517 g/mol. The second-order valence-electron chi connectivity index (χ2n) is 11.6. The number of carboxylic acid groups (broad SMARTS) is 1. The molecule has 3 unspecified atom stereocenters. The quantitative estimate of drug-likeness (QED) is 0.555. The molecule has 1 aromatic rings. The molecule has 1 saturated heterocycles. The van der Waals surface area contributed by atoms with Crippen molar-refractivity contribution in [2.75, 3.05) is 13.1 Å². The number of benzene rings is 1. The lowest BCUT2D eigenvalue weighted by Crippen LogP contribution is -2.63. The van der Waals surface area contributed by atoms with Gasteiger partial charge in [-0.15, -0.1) is 0 Å². The van der Waals surface area contributed by atoms with E-state index in [4.69, 9.17) is 0 Å². The summed E-state index contributed by atoms with van der Waals surface area (Å²) in [5, 5.41) is 23.7. The van der Waals surface area contributed by atoms with Gasteiger partial charge in [-0.2, -0.15) is 0 Å². The highest BCUT2D eigenvalue weighted by Gasteiger charge is 2.55. The van der Waals surface area contributed by atoms with Gasteiger partial charge in [-0.1, -0.05) is 28.1 Å². The maximum atomic E-state index is 13.3. The second-order valence-corrected chi connectivity index (χ2v) is 12.5.